The van der Waals surface area contributed by atoms with Gasteiger partial charge in [0.05, 0.1) is 21.7 Å². The lowest BCUT2D eigenvalue weighted by Crippen LogP contribution is -2.25. The van der Waals surface area contributed by atoms with E-state index in [-0.39, 0.29) is 23.4 Å². The number of nitro groups is 1. The van der Waals surface area contributed by atoms with Crippen LogP contribution in [0, 0.1) is 10.1 Å². The largest absolute Gasteiger partial charge is 0.872 e. The van der Waals surface area contributed by atoms with E-state index in [4.69, 9.17) is 5.11 Å². The minimum absolute atomic E-state index is 0.163. The second-order valence-electron chi connectivity index (χ2n) is 6.95. The fourth-order valence-corrected chi connectivity index (χ4v) is 3.65. The first-order valence-corrected chi connectivity index (χ1v) is 9.27. The predicted octanol–water partition coefficient (Wildman–Crippen LogP) is 2.16. The molecule has 0 saturated carbocycles. The average molecular weight is 420 g/mol. The molecule has 0 saturated heterocycles. The summed E-state index contributed by atoms with van der Waals surface area (Å²) in [5, 5.41) is 44.3. The third-order valence-electron chi connectivity index (χ3n) is 5.08. The Balaban J connectivity index is 1.87. The zero-order valence-electron chi connectivity index (χ0n) is 16.0. The van der Waals surface area contributed by atoms with E-state index in [0.29, 0.717) is 12.1 Å². The molecular formula is C22H16N2O7. The Morgan fingerprint density at radius 1 is 0.903 bits per heavy atom. The number of fused-ring (bicyclic) bond motifs is 2. The fraction of sp³-hybridized carbons (Fsp3) is 0.0909. The number of anilines is 2. The molecule has 4 rings (SSSR count). The normalized spacial score (nSPS) is 12.3. The van der Waals surface area contributed by atoms with Crippen molar-refractivity contribution in [2.24, 2.45) is 0 Å². The van der Waals surface area contributed by atoms with Crippen molar-refractivity contribution < 1.29 is 29.8 Å². The van der Waals surface area contributed by atoms with E-state index in [1.54, 1.807) is 24.3 Å². The number of nitro benzene ring substituents is 1. The van der Waals surface area contributed by atoms with E-state index >= 15 is 0 Å². The number of phenols is 1. The van der Waals surface area contributed by atoms with Gasteiger partial charge in [-0.05, 0) is 29.8 Å². The fourth-order valence-electron chi connectivity index (χ4n) is 3.65. The highest BCUT2D eigenvalue weighted by Gasteiger charge is 2.39. The first-order valence-electron chi connectivity index (χ1n) is 9.27. The molecule has 0 atom stereocenters. The van der Waals surface area contributed by atoms with E-state index in [1.807, 2.05) is 0 Å². The number of benzene rings is 3. The Labute approximate surface area is 175 Å². The topological polar surface area (TPSA) is 156 Å². The van der Waals surface area contributed by atoms with Crippen molar-refractivity contribution in [3.05, 3.63) is 86.5 Å². The van der Waals surface area contributed by atoms with Crippen molar-refractivity contribution in [1.82, 2.24) is 0 Å². The summed E-state index contributed by atoms with van der Waals surface area (Å²) in [7, 11) is 0. The SMILES string of the molecule is O=C1c2c([O-])ccc([N+](=O)[O-])c2C(=O)c2c(Nc3ccc(CC[OH2+])cc3)ccc(O)c21. The van der Waals surface area contributed by atoms with Gasteiger partial charge in [0.2, 0.25) is 5.78 Å². The van der Waals surface area contributed by atoms with Crippen LogP contribution in [0.2, 0.25) is 0 Å². The highest BCUT2D eigenvalue weighted by atomic mass is 16.6. The number of carbonyl (C=O) groups is 2. The maximum Gasteiger partial charge on any atom is 0.281 e. The van der Waals surface area contributed by atoms with Gasteiger partial charge in [0.15, 0.2) is 5.78 Å². The second-order valence-corrected chi connectivity index (χ2v) is 6.95. The standard InChI is InChI=1S/C22H16N2O7/c25-10-9-11-1-3-12(4-2-11)23-13-5-7-15(26)19-17(13)21(28)18-14(24(30)31)6-8-16(27)20(18)22(19)29/h1-8,23,25-27H,9-10H2. The number of rotatable bonds is 5. The van der Waals surface area contributed by atoms with Crippen LogP contribution >= 0.6 is 0 Å². The molecule has 9 nitrogen and oxygen atoms in total. The van der Waals surface area contributed by atoms with Crippen LogP contribution in [0.1, 0.15) is 37.4 Å². The number of phenolic OH excluding ortho intramolecular Hbond substituents is 1. The molecule has 0 bridgehead atoms. The quantitative estimate of drug-likeness (QED) is 0.217. The van der Waals surface area contributed by atoms with Gasteiger partial charge in [-0.3, -0.25) is 19.7 Å². The van der Waals surface area contributed by atoms with Crippen molar-refractivity contribution in [3.63, 3.8) is 0 Å². The summed E-state index contributed by atoms with van der Waals surface area (Å²) in [4.78, 5) is 36.9. The smallest absolute Gasteiger partial charge is 0.281 e. The molecule has 0 unspecified atom stereocenters. The number of nitrogens with zero attached hydrogens (tertiary/aromatic N) is 1. The molecule has 4 N–H and O–H groups in total. The average Bonchev–Trinajstić information content (AvgIpc) is 2.74. The van der Waals surface area contributed by atoms with Gasteiger partial charge in [0, 0.05) is 23.7 Å². The van der Waals surface area contributed by atoms with Crippen LogP contribution in [-0.2, 0) is 6.42 Å². The van der Waals surface area contributed by atoms with Gasteiger partial charge in [-0.25, -0.2) is 0 Å². The number of hydrogen-bond donors (Lipinski definition) is 2. The van der Waals surface area contributed by atoms with Crippen molar-refractivity contribution in [3.8, 4) is 11.5 Å². The van der Waals surface area contributed by atoms with E-state index in [0.717, 1.165) is 17.7 Å². The molecule has 9 heteroatoms. The third kappa shape index (κ3) is 3.26. The molecule has 1 aliphatic rings. The zero-order chi connectivity index (χ0) is 22.3. The van der Waals surface area contributed by atoms with Gasteiger partial charge < -0.3 is 20.6 Å². The van der Waals surface area contributed by atoms with Gasteiger partial charge in [0.25, 0.3) is 5.69 Å². The molecule has 31 heavy (non-hydrogen) atoms. The number of hydrogen-bond acceptors (Lipinski definition) is 7. The van der Waals surface area contributed by atoms with Crippen molar-refractivity contribution in [1.29, 1.82) is 0 Å². The Bertz CT molecular complexity index is 1250. The third-order valence-corrected chi connectivity index (χ3v) is 5.08. The van der Waals surface area contributed by atoms with Crippen LogP contribution in [0.25, 0.3) is 0 Å². The Hall–Kier alpha value is -4.24. The first-order chi connectivity index (χ1) is 14.8. The second kappa shape index (κ2) is 7.54. The molecule has 0 amide bonds. The molecule has 1 aliphatic carbocycles. The predicted molar refractivity (Wildman–Crippen MR) is 109 cm³/mol. The van der Waals surface area contributed by atoms with Crippen LogP contribution < -0.4 is 10.4 Å². The maximum absolute atomic E-state index is 13.3. The van der Waals surface area contributed by atoms with Crippen LogP contribution in [0.5, 0.6) is 11.5 Å². The molecule has 0 radical (unpaired) electrons. The molecule has 0 aliphatic heterocycles. The minimum Gasteiger partial charge on any atom is -0.872 e. The summed E-state index contributed by atoms with van der Waals surface area (Å²) in [6.45, 7) is 0.245. The van der Waals surface area contributed by atoms with Crippen molar-refractivity contribution in [2.75, 3.05) is 11.9 Å². The summed E-state index contributed by atoms with van der Waals surface area (Å²) in [6, 6.07) is 11.4. The van der Waals surface area contributed by atoms with Gasteiger partial charge in [-0.15, -0.1) is 0 Å². The lowest BCUT2D eigenvalue weighted by Gasteiger charge is -2.24. The summed E-state index contributed by atoms with van der Waals surface area (Å²) >= 11 is 0. The van der Waals surface area contributed by atoms with Crippen LogP contribution in [0.15, 0.2) is 48.5 Å². The highest BCUT2D eigenvalue weighted by Crippen LogP contribution is 2.42. The zero-order valence-corrected chi connectivity index (χ0v) is 16.0. The lowest BCUT2D eigenvalue weighted by molar-refractivity contribution is -0.385. The molecule has 3 aromatic rings. The Morgan fingerprint density at radius 3 is 2.23 bits per heavy atom. The van der Waals surface area contributed by atoms with Gasteiger partial charge in [-0.1, -0.05) is 23.9 Å². The molecule has 0 aromatic heterocycles. The van der Waals surface area contributed by atoms with Crippen LogP contribution in [0.3, 0.4) is 0 Å². The van der Waals surface area contributed by atoms with Crippen molar-refractivity contribution in [2.45, 2.75) is 6.42 Å². The van der Waals surface area contributed by atoms with E-state index < -0.39 is 44.8 Å². The number of nitrogens with one attached hydrogen (secondary N) is 1. The first kappa shape index (κ1) is 20.0. The molecule has 0 spiro atoms. The Morgan fingerprint density at radius 2 is 1.58 bits per heavy atom. The summed E-state index contributed by atoms with van der Waals surface area (Å²) < 4.78 is 0. The van der Waals surface area contributed by atoms with E-state index in [1.165, 1.54) is 12.1 Å². The molecule has 0 heterocycles. The van der Waals surface area contributed by atoms with Gasteiger partial charge >= 0.3 is 0 Å². The number of carbonyl (C=O) groups excluding carboxylic acids is 2. The van der Waals surface area contributed by atoms with E-state index in [2.05, 4.69) is 5.32 Å². The highest BCUT2D eigenvalue weighted by molar-refractivity contribution is 6.33. The summed E-state index contributed by atoms with van der Waals surface area (Å²) in [5.41, 5.74) is -0.754. The number of aromatic hydroxyl groups is 1. The molecule has 156 valence electrons. The van der Waals surface area contributed by atoms with Crippen LogP contribution in [-0.4, -0.2) is 33.3 Å². The van der Waals surface area contributed by atoms with Crippen LogP contribution in [0.4, 0.5) is 17.1 Å². The molecule has 3 aromatic carbocycles. The van der Waals surface area contributed by atoms with Gasteiger partial charge in [0.1, 0.15) is 17.9 Å². The molecule has 0 fully saturated rings. The number of ketones is 2. The maximum atomic E-state index is 13.3. The summed E-state index contributed by atoms with van der Waals surface area (Å²) in [5.74, 6) is -3.16. The van der Waals surface area contributed by atoms with Gasteiger partial charge in [-0.2, -0.15) is 0 Å². The molecular weight excluding hydrogens is 404 g/mol. The van der Waals surface area contributed by atoms with E-state index in [9.17, 15) is 29.9 Å². The lowest BCUT2D eigenvalue weighted by atomic mass is 9.81. The summed E-state index contributed by atoms with van der Waals surface area (Å²) in [6.07, 6.45) is 0.583. The Kier molecular flexibility index (Phi) is 4.88. The minimum atomic E-state index is -0.940. The van der Waals surface area contributed by atoms with Crippen molar-refractivity contribution >= 4 is 28.6 Å². The monoisotopic (exact) mass is 420 g/mol.